The smallest absolute Gasteiger partial charge is 0.309 e. The van der Waals surface area contributed by atoms with Gasteiger partial charge in [-0.05, 0) is 109 Å². The number of benzene rings is 5. The quantitative estimate of drug-likeness (QED) is 0.0273. The van der Waals surface area contributed by atoms with Gasteiger partial charge in [-0.25, -0.2) is 0 Å². The van der Waals surface area contributed by atoms with E-state index < -0.39 is 30.3 Å². The number of nitrogens with one attached hydrogen (secondary N) is 1. The topological polar surface area (TPSA) is 195 Å². The van der Waals surface area contributed by atoms with Crippen molar-refractivity contribution in [2.24, 2.45) is 11.8 Å². The molecule has 0 saturated heterocycles. The van der Waals surface area contributed by atoms with Crippen molar-refractivity contribution in [3.8, 4) is 11.5 Å². The maximum atomic E-state index is 15.2. The molecule has 1 fully saturated rings. The lowest BCUT2D eigenvalue weighted by Crippen LogP contribution is -2.25. The maximum Gasteiger partial charge on any atom is 0.309 e. The average molecular weight is 768 g/mol. The van der Waals surface area contributed by atoms with Crippen LogP contribution in [-0.2, 0) is 48.2 Å². The van der Waals surface area contributed by atoms with Crippen molar-refractivity contribution >= 4 is 73.1 Å². The van der Waals surface area contributed by atoms with E-state index in [4.69, 9.17) is 18.9 Å². The highest BCUT2D eigenvalue weighted by Gasteiger charge is 2.37. The fraction of sp³-hybridized carbons (Fsp3) is 0.419. The number of allylic oxidation sites excluding steroid dienone is 1. The summed E-state index contributed by atoms with van der Waals surface area (Å²) in [5.41, 5.74) is 1.91. The van der Waals surface area contributed by atoms with Crippen molar-refractivity contribution in [3.63, 3.8) is 0 Å². The lowest BCUT2D eigenvalue weighted by molar-refractivity contribution is -0.151. The molecule has 2 aliphatic rings. The van der Waals surface area contributed by atoms with Gasteiger partial charge in [0.25, 0.3) is 6.47 Å². The number of hydrogen-bond acceptors (Lipinski definition) is 13. The number of aliphatic hydroxyl groups is 2. The minimum absolute atomic E-state index is 0.0500. The lowest BCUT2D eigenvalue weighted by atomic mass is 9.77. The van der Waals surface area contributed by atoms with Gasteiger partial charge in [-0.2, -0.15) is 0 Å². The Kier molecular flexibility index (Phi) is 10.9. The molecule has 7 rings (SSSR count). The van der Waals surface area contributed by atoms with Crippen molar-refractivity contribution in [1.29, 1.82) is 0 Å². The lowest BCUT2D eigenvalue weighted by Gasteiger charge is -2.28. The molecule has 0 heterocycles. The van der Waals surface area contributed by atoms with E-state index >= 15 is 4.79 Å². The Bertz CT molecular complexity index is 2540. The van der Waals surface area contributed by atoms with Gasteiger partial charge < -0.3 is 39.6 Å². The predicted octanol–water partition coefficient (Wildman–Crippen LogP) is 5.15. The number of carbonyl (C=O) groups is 3. The van der Waals surface area contributed by atoms with Crippen LogP contribution >= 0.6 is 0 Å². The van der Waals surface area contributed by atoms with Crippen molar-refractivity contribution < 1.29 is 48.7 Å². The van der Waals surface area contributed by atoms with E-state index in [9.17, 15) is 34.5 Å². The largest absolute Gasteiger partial charge is 0.504 e. The number of hydrogen-bond donors (Lipinski definition) is 4. The number of methoxy groups -OCH3 is 2. The zero-order valence-corrected chi connectivity index (χ0v) is 31.8. The number of fused-ring (bicyclic) bond motifs is 1. The number of ketones is 1. The SMILES string of the molecule is COCCOC(=O)C1CCC(CCc2c3c4c5c(c(OC)c(O)c6c(=O)cc(CO)c(c7c(CO)cc(NCOC=O)c(c2=O)c74)c65)C(C(C)=O)C(C)=C3)CC1. The van der Waals surface area contributed by atoms with Crippen LogP contribution in [-0.4, -0.2) is 67.7 Å². The Morgan fingerprint density at radius 3 is 2.20 bits per heavy atom. The molecule has 4 N–H and O–H groups in total. The number of phenols is 1. The summed E-state index contributed by atoms with van der Waals surface area (Å²) in [4.78, 5) is 66.7. The first kappa shape index (κ1) is 38.9. The fourth-order valence-electron chi connectivity index (χ4n) is 9.43. The Labute approximate surface area is 321 Å². The molecule has 56 heavy (non-hydrogen) atoms. The van der Waals surface area contributed by atoms with Gasteiger partial charge in [0.15, 0.2) is 29.1 Å². The zero-order chi connectivity index (χ0) is 40.0. The van der Waals surface area contributed by atoms with E-state index in [-0.39, 0.29) is 70.9 Å². The van der Waals surface area contributed by atoms with Gasteiger partial charge in [0.05, 0.1) is 49.5 Å². The highest BCUT2D eigenvalue weighted by atomic mass is 16.6. The summed E-state index contributed by atoms with van der Waals surface area (Å²) in [6.07, 6.45) is 5.64. The number of carbonyl (C=O) groups excluding carboxylic acids is 3. The molecule has 1 unspecified atom stereocenters. The van der Waals surface area contributed by atoms with E-state index in [1.807, 2.05) is 6.08 Å². The molecule has 5 aromatic rings. The molecule has 13 heteroatoms. The van der Waals surface area contributed by atoms with Crippen molar-refractivity contribution in [1.82, 2.24) is 0 Å². The fourth-order valence-corrected chi connectivity index (χ4v) is 9.43. The molecule has 0 radical (unpaired) electrons. The number of ether oxygens (including phenoxy) is 4. The van der Waals surface area contributed by atoms with Crippen molar-refractivity contribution in [3.05, 3.63) is 66.0 Å². The van der Waals surface area contributed by atoms with Gasteiger partial charge in [0.2, 0.25) is 0 Å². The van der Waals surface area contributed by atoms with Crippen LogP contribution in [0.4, 0.5) is 5.69 Å². The summed E-state index contributed by atoms with van der Waals surface area (Å²) < 4.78 is 21.2. The summed E-state index contributed by atoms with van der Waals surface area (Å²) >= 11 is 0. The monoisotopic (exact) mass is 767 g/mol. The molecule has 0 amide bonds. The summed E-state index contributed by atoms with van der Waals surface area (Å²) in [5.74, 6) is -1.94. The van der Waals surface area contributed by atoms with Crippen LogP contribution in [0.15, 0.2) is 27.3 Å². The van der Waals surface area contributed by atoms with Crippen molar-refractivity contribution in [2.75, 3.05) is 39.5 Å². The number of aromatic hydroxyl groups is 1. The zero-order valence-electron chi connectivity index (χ0n) is 31.8. The van der Waals surface area contributed by atoms with Gasteiger partial charge in [-0.3, -0.25) is 24.0 Å². The van der Waals surface area contributed by atoms with Crippen molar-refractivity contribution in [2.45, 2.75) is 71.5 Å². The van der Waals surface area contributed by atoms with Crippen LogP contribution in [0.5, 0.6) is 11.5 Å². The normalized spacial score (nSPS) is 18.1. The molecule has 0 bridgehead atoms. The number of rotatable bonds is 15. The third-order valence-electron chi connectivity index (χ3n) is 11.8. The molecule has 0 aromatic heterocycles. The molecule has 1 saturated carbocycles. The van der Waals surface area contributed by atoms with Crippen LogP contribution in [0, 0.1) is 11.8 Å². The Balaban J connectivity index is 1.56. The third-order valence-corrected chi connectivity index (χ3v) is 11.8. The molecular weight excluding hydrogens is 722 g/mol. The Morgan fingerprint density at radius 1 is 0.893 bits per heavy atom. The standard InChI is InChI=1S/C43H45NO12/c1-20-13-27-26(10-7-22-5-8-23(9-6-22)43(52)56-12-11-53-3)40(50)34-28(44-18-55-19-47)14-24(16-45)31-32-25(17-46)15-29(49)35-37(32)38(33(27)36(31)34)39(30(20)21(2)48)42(54-4)41(35)51/h13-15,19,22-23,30,44-46,51H,5-12,16-18H2,1-4H3. The molecule has 5 aromatic carbocycles. The third kappa shape index (κ3) is 6.18. The number of phenolic OH excluding ortho intramolecular Hbond substituents is 1. The maximum absolute atomic E-state index is 15.2. The Morgan fingerprint density at radius 2 is 1.57 bits per heavy atom. The summed E-state index contributed by atoms with van der Waals surface area (Å²) in [6, 6.07) is 2.83. The van der Waals surface area contributed by atoms with E-state index in [0.717, 1.165) is 12.8 Å². The van der Waals surface area contributed by atoms with Gasteiger partial charge in [-0.15, -0.1) is 0 Å². The highest BCUT2D eigenvalue weighted by molar-refractivity contribution is 6.39. The van der Waals surface area contributed by atoms with Crippen LogP contribution in [0.2, 0.25) is 0 Å². The molecule has 0 spiro atoms. The summed E-state index contributed by atoms with van der Waals surface area (Å²) in [5, 5.41) is 39.1. The van der Waals surface area contributed by atoms with E-state index in [1.165, 1.54) is 20.1 Å². The van der Waals surface area contributed by atoms with E-state index in [0.29, 0.717) is 98.1 Å². The minimum atomic E-state index is -0.943. The molecule has 0 aliphatic heterocycles. The van der Waals surface area contributed by atoms with Gasteiger partial charge in [-0.1, -0.05) is 11.6 Å². The highest BCUT2D eigenvalue weighted by Crippen LogP contribution is 2.55. The Hall–Kier alpha value is -5.37. The van der Waals surface area contributed by atoms with Crippen LogP contribution < -0.4 is 20.9 Å². The van der Waals surface area contributed by atoms with E-state index in [2.05, 4.69) is 5.32 Å². The molecular formula is C43H45NO12. The number of esters is 1. The second-order valence-electron chi connectivity index (χ2n) is 14.9. The second-order valence-corrected chi connectivity index (χ2v) is 14.9. The van der Waals surface area contributed by atoms with Crippen LogP contribution in [0.3, 0.4) is 0 Å². The summed E-state index contributed by atoms with van der Waals surface area (Å²) in [7, 11) is 2.90. The molecule has 13 nitrogen and oxygen atoms in total. The first-order valence-electron chi connectivity index (χ1n) is 18.8. The summed E-state index contributed by atoms with van der Waals surface area (Å²) in [6.45, 7) is 2.66. The molecule has 294 valence electrons. The number of aliphatic hydroxyl groups excluding tert-OH is 2. The first-order chi connectivity index (χ1) is 27.0. The molecule has 2 aliphatic carbocycles. The predicted molar refractivity (Wildman–Crippen MR) is 211 cm³/mol. The average Bonchev–Trinajstić information content (AvgIpc) is 3.32. The van der Waals surface area contributed by atoms with Gasteiger partial charge in [0, 0.05) is 34.7 Å². The molecule has 1 atom stereocenters. The van der Waals surface area contributed by atoms with Crippen LogP contribution in [0.25, 0.3) is 49.2 Å². The second kappa shape index (κ2) is 15.6. The van der Waals surface area contributed by atoms with Gasteiger partial charge in [0.1, 0.15) is 12.4 Å². The first-order valence-corrected chi connectivity index (χ1v) is 18.8. The van der Waals surface area contributed by atoms with Crippen LogP contribution in [0.1, 0.15) is 79.7 Å². The van der Waals surface area contributed by atoms with Gasteiger partial charge >= 0.3 is 5.97 Å². The van der Waals surface area contributed by atoms with E-state index in [1.54, 1.807) is 20.1 Å². The number of Topliss-reactive ketones (excluding diaryl/α,β-unsaturated/α-hetero) is 1. The minimum Gasteiger partial charge on any atom is -0.504 e. The number of anilines is 1.